The number of nitrogens with zero attached hydrogens (tertiary/aromatic N) is 1. The number of aryl methyl sites for hydroxylation is 1. The third-order valence-electron chi connectivity index (χ3n) is 5.20. The number of rotatable bonds is 6. The highest BCUT2D eigenvalue weighted by atomic mass is 16.5. The quantitative estimate of drug-likeness (QED) is 0.544. The van der Waals surface area contributed by atoms with Crippen LogP contribution >= 0.6 is 0 Å². The summed E-state index contributed by atoms with van der Waals surface area (Å²) in [5.41, 5.74) is 11.8. The number of amides is 1. The van der Waals surface area contributed by atoms with Gasteiger partial charge in [0.05, 0.1) is 17.6 Å². The van der Waals surface area contributed by atoms with Gasteiger partial charge in [0.25, 0.3) is 0 Å². The number of hydrogen-bond acceptors (Lipinski definition) is 2. The van der Waals surface area contributed by atoms with E-state index in [0.717, 1.165) is 33.8 Å². The minimum atomic E-state index is -0.425. The number of hydrogen-bond donors (Lipinski definition) is 1. The summed E-state index contributed by atoms with van der Waals surface area (Å²) in [5, 5.41) is 1.77. The predicted molar refractivity (Wildman–Crippen MR) is 112 cm³/mol. The molecule has 2 N–H and O–H groups in total. The number of benzene rings is 3. The van der Waals surface area contributed by atoms with Gasteiger partial charge in [0.1, 0.15) is 0 Å². The van der Waals surface area contributed by atoms with Crippen LogP contribution in [0.15, 0.2) is 54.6 Å². The Kier molecular flexibility index (Phi) is 4.88. The lowest BCUT2D eigenvalue weighted by molar-refractivity contribution is 0.100. The minimum Gasteiger partial charge on any atom is -0.380 e. The Labute approximate surface area is 164 Å². The lowest BCUT2D eigenvalue weighted by atomic mass is 10.0. The van der Waals surface area contributed by atoms with Crippen LogP contribution in [0.3, 0.4) is 0 Å². The van der Waals surface area contributed by atoms with Crippen molar-refractivity contribution in [3.05, 3.63) is 82.9 Å². The molecule has 1 amide bonds. The molecule has 4 aromatic rings. The predicted octanol–water partition coefficient (Wildman–Crippen LogP) is 4.45. The summed E-state index contributed by atoms with van der Waals surface area (Å²) in [7, 11) is 1.68. The van der Waals surface area contributed by atoms with Gasteiger partial charge in [-0.05, 0) is 53.4 Å². The van der Waals surface area contributed by atoms with Gasteiger partial charge in [0, 0.05) is 30.0 Å². The molecule has 0 saturated carbocycles. The molecule has 0 aliphatic rings. The van der Waals surface area contributed by atoms with Crippen molar-refractivity contribution >= 4 is 27.7 Å². The number of ether oxygens (including phenoxy) is 1. The minimum absolute atomic E-state index is 0.425. The number of methoxy groups -OCH3 is 1. The molecule has 0 bridgehead atoms. The standard InChI is InChI=1S/C24H23N2O2/c1-3-16-7-9-17(10-8-16)14-26-21-6-4-5-20(24(25)27)23(21)19-12-11-18(15-28-2)13-22(19)26/h4-11,13H,3,14-15H2,1-2H3,(H2,25,27). The molecule has 0 fully saturated rings. The normalized spacial score (nSPS) is 11.4. The summed E-state index contributed by atoms with van der Waals surface area (Å²) in [6.45, 7) is 3.37. The smallest absolute Gasteiger partial charge is 0.249 e. The molecule has 1 radical (unpaired) electrons. The fourth-order valence-electron chi connectivity index (χ4n) is 3.79. The monoisotopic (exact) mass is 371 g/mol. The average Bonchev–Trinajstić information content (AvgIpc) is 3.02. The Hall–Kier alpha value is -3.11. The van der Waals surface area contributed by atoms with Gasteiger partial charge in [0.2, 0.25) is 5.91 Å². The van der Waals surface area contributed by atoms with Gasteiger partial charge in [-0.1, -0.05) is 37.3 Å². The molecule has 1 aromatic heterocycles. The van der Waals surface area contributed by atoms with Crippen LogP contribution in [0.5, 0.6) is 0 Å². The van der Waals surface area contributed by atoms with Crippen LogP contribution in [0.1, 0.15) is 34.0 Å². The Morgan fingerprint density at radius 1 is 1.07 bits per heavy atom. The fraction of sp³-hybridized carbons (Fsp3) is 0.208. The van der Waals surface area contributed by atoms with Gasteiger partial charge in [-0.3, -0.25) is 4.79 Å². The van der Waals surface area contributed by atoms with E-state index in [9.17, 15) is 4.79 Å². The highest BCUT2D eigenvalue weighted by Crippen LogP contribution is 2.32. The van der Waals surface area contributed by atoms with E-state index in [0.29, 0.717) is 18.7 Å². The van der Waals surface area contributed by atoms with Crippen molar-refractivity contribution in [3.63, 3.8) is 0 Å². The van der Waals surface area contributed by atoms with E-state index in [4.69, 9.17) is 10.5 Å². The summed E-state index contributed by atoms with van der Waals surface area (Å²) in [4.78, 5) is 12.0. The number of fused-ring (bicyclic) bond motifs is 3. The maximum atomic E-state index is 12.0. The summed E-state index contributed by atoms with van der Waals surface area (Å²) < 4.78 is 7.52. The average molecular weight is 371 g/mol. The second-order valence-electron chi connectivity index (χ2n) is 7.02. The van der Waals surface area contributed by atoms with Crippen LogP contribution in [0.2, 0.25) is 0 Å². The van der Waals surface area contributed by atoms with Crippen LogP contribution in [0, 0.1) is 6.07 Å². The zero-order valence-electron chi connectivity index (χ0n) is 16.2. The molecule has 0 unspecified atom stereocenters. The molecule has 4 nitrogen and oxygen atoms in total. The van der Waals surface area contributed by atoms with E-state index in [2.05, 4.69) is 47.9 Å². The van der Waals surface area contributed by atoms with E-state index < -0.39 is 5.91 Å². The van der Waals surface area contributed by atoms with Crippen LogP contribution in [-0.4, -0.2) is 17.6 Å². The van der Waals surface area contributed by atoms with Crippen molar-refractivity contribution in [2.75, 3.05) is 7.11 Å². The van der Waals surface area contributed by atoms with E-state index in [1.165, 1.54) is 11.1 Å². The Morgan fingerprint density at radius 2 is 1.82 bits per heavy atom. The van der Waals surface area contributed by atoms with Gasteiger partial charge in [-0.25, -0.2) is 0 Å². The summed E-state index contributed by atoms with van der Waals surface area (Å²) in [5.74, 6) is -0.425. The number of aromatic nitrogens is 1. The number of carbonyl (C=O) groups excluding carboxylic acids is 1. The summed E-state index contributed by atoms with van der Waals surface area (Å²) in [6, 6.07) is 21.7. The van der Waals surface area contributed by atoms with Crippen molar-refractivity contribution in [2.45, 2.75) is 26.5 Å². The molecule has 1 heterocycles. The van der Waals surface area contributed by atoms with Crippen molar-refractivity contribution < 1.29 is 9.53 Å². The fourth-order valence-corrected chi connectivity index (χ4v) is 3.79. The zero-order valence-corrected chi connectivity index (χ0v) is 16.2. The highest BCUT2D eigenvalue weighted by Gasteiger charge is 2.17. The third-order valence-corrected chi connectivity index (χ3v) is 5.20. The third kappa shape index (κ3) is 3.16. The van der Waals surface area contributed by atoms with Crippen LogP contribution in [-0.2, 0) is 24.3 Å². The Morgan fingerprint density at radius 3 is 2.50 bits per heavy atom. The second kappa shape index (κ2) is 7.49. The zero-order chi connectivity index (χ0) is 19.7. The first-order chi connectivity index (χ1) is 13.6. The number of nitrogens with two attached hydrogens (primary N) is 1. The van der Waals surface area contributed by atoms with Crippen molar-refractivity contribution in [2.24, 2.45) is 5.73 Å². The largest absolute Gasteiger partial charge is 0.380 e. The molecule has 4 rings (SSSR count). The van der Waals surface area contributed by atoms with Gasteiger partial charge in [-0.2, -0.15) is 0 Å². The molecule has 0 aliphatic carbocycles. The lowest BCUT2D eigenvalue weighted by Crippen LogP contribution is -2.11. The molecule has 0 atom stereocenters. The van der Waals surface area contributed by atoms with E-state index in [1.54, 1.807) is 13.2 Å². The van der Waals surface area contributed by atoms with Crippen LogP contribution < -0.4 is 5.73 Å². The number of carbonyl (C=O) groups is 1. The van der Waals surface area contributed by atoms with Crippen molar-refractivity contribution in [1.29, 1.82) is 0 Å². The molecule has 28 heavy (non-hydrogen) atoms. The van der Waals surface area contributed by atoms with Crippen LogP contribution in [0.25, 0.3) is 21.8 Å². The topological polar surface area (TPSA) is 57.2 Å². The van der Waals surface area contributed by atoms with Crippen molar-refractivity contribution in [3.8, 4) is 0 Å². The first-order valence-corrected chi connectivity index (χ1v) is 9.44. The van der Waals surface area contributed by atoms with E-state index >= 15 is 0 Å². The van der Waals surface area contributed by atoms with E-state index in [1.807, 2.05) is 18.2 Å². The molecule has 3 aromatic carbocycles. The first-order valence-electron chi connectivity index (χ1n) is 9.44. The summed E-state index contributed by atoms with van der Waals surface area (Å²) in [6.07, 6.45) is 1.02. The molecule has 4 heteroatoms. The molecule has 141 valence electrons. The van der Waals surface area contributed by atoms with Gasteiger partial charge >= 0.3 is 0 Å². The van der Waals surface area contributed by atoms with Gasteiger partial charge in [0.15, 0.2) is 0 Å². The van der Waals surface area contributed by atoms with Crippen molar-refractivity contribution in [1.82, 2.24) is 4.57 Å². The lowest BCUT2D eigenvalue weighted by Gasteiger charge is -2.09. The molecule has 0 saturated heterocycles. The van der Waals surface area contributed by atoms with Crippen LogP contribution in [0.4, 0.5) is 0 Å². The molecular weight excluding hydrogens is 348 g/mol. The maximum Gasteiger partial charge on any atom is 0.249 e. The Bertz CT molecular complexity index is 1160. The molecular formula is C24H23N2O2. The maximum absolute atomic E-state index is 12.0. The number of primary amides is 1. The summed E-state index contributed by atoms with van der Waals surface area (Å²) >= 11 is 0. The first kappa shape index (κ1) is 18.3. The Balaban J connectivity index is 1.96. The SMILES string of the molecule is CCc1ccc(Cn2c3cc(COC)c[c]c3c3c(C(N)=O)cccc32)cc1. The molecule has 0 aliphatic heterocycles. The van der Waals surface area contributed by atoms with Gasteiger partial charge < -0.3 is 15.0 Å². The highest BCUT2D eigenvalue weighted by molar-refractivity contribution is 6.17. The van der Waals surface area contributed by atoms with E-state index in [-0.39, 0.29) is 0 Å². The second-order valence-corrected chi connectivity index (χ2v) is 7.02. The molecule has 0 spiro atoms. The van der Waals surface area contributed by atoms with Gasteiger partial charge in [-0.15, -0.1) is 0 Å².